The van der Waals surface area contributed by atoms with Gasteiger partial charge >= 0.3 is 0 Å². The molecule has 0 bridgehead atoms. The fourth-order valence-electron chi connectivity index (χ4n) is 3.21. The number of likely N-dealkylation sites (tertiary alicyclic amines) is 1. The molecule has 1 N–H and O–H groups in total. The van der Waals surface area contributed by atoms with Gasteiger partial charge in [0.15, 0.2) is 0 Å². The smallest absolute Gasteiger partial charge is 0.236 e. The summed E-state index contributed by atoms with van der Waals surface area (Å²) in [4.78, 5) is 19.0. The van der Waals surface area contributed by atoms with Crippen molar-refractivity contribution in [3.05, 3.63) is 23.9 Å². The third-order valence-electron chi connectivity index (χ3n) is 4.24. The van der Waals surface area contributed by atoms with Crippen LogP contribution in [0.3, 0.4) is 0 Å². The number of nitrogens with zero attached hydrogens (tertiary/aromatic N) is 2. The zero-order valence-corrected chi connectivity index (χ0v) is 10.8. The highest BCUT2D eigenvalue weighted by molar-refractivity contribution is 6.05. The molecule has 3 rings (SSSR count). The molecule has 0 radical (unpaired) electrons. The quantitative estimate of drug-likeness (QED) is 0.863. The minimum absolute atomic E-state index is 0.146. The Morgan fingerprint density at radius 2 is 2.22 bits per heavy atom. The number of hydrogen-bond acceptors (Lipinski definition) is 3. The molecule has 1 aromatic heterocycles. The highest BCUT2D eigenvalue weighted by Gasteiger charge is 2.48. The van der Waals surface area contributed by atoms with Crippen molar-refractivity contribution in [3.63, 3.8) is 0 Å². The summed E-state index contributed by atoms with van der Waals surface area (Å²) < 4.78 is 0. The van der Waals surface area contributed by atoms with E-state index < -0.39 is 0 Å². The van der Waals surface area contributed by atoms with Crippen molar-refractivity contribution in [3.8, 4) is 0 Å². The first-order chi connectivity index (χ1) is 8.76. The van der Waals surface area contributed by atoms with Gasteiger partial charge in [0, 0.05) is 11.8 Å². The van der Waals surface area contributed by atoms with Crippen LogP contribution >= 0.6 is 0 Å². The van der Waals surface area contributed by atoms with E-state index in [1.807, 2.05) is 6.07 Å². The van der Waals surface area contributed by atoms with E-state index in [4.69, 9.17) is 0 Å². The number of carbonyl (C=O) groups is 1. The molecule has 0 aromatic carbocycles. The molecule has 1 aromatic rings. The second-order valence-corrected chi connectivity index (χ2v) is 5.28. The van der Waals surface area contributed by atoms with Crippen LogP contribution in [-0.4, -0.2) is 35.4 Å². The Labute approximate surface area is 107 Å². The molecule has 4 heteroatoms. The van der Waals surface area contributed by atoms with Crippen molar-refractivity contribution in [1.29, 1.82) is 0 Å². The van der Waals surface area contributed by atoms with Gasteiger partial charge in [-0.3, -0.25) is 4.79 Å². The molecule has 0 aliphatic carbocycles. The molecular formula is C14H19N3O. The number of nitrogens with one attached hydrogen (secondary N) is 1. The van der Waals surface area contributed by atoms with Gasteiger partial charge in [0.2, 0.25) is 5.91 Å². The van der Waals surface area contributed by atoms with Crippen LogP contribution in [0.25, 0.3) is 0 Å². The third kappa shape index (κ3) is 1.63. The lowest BCUT2D eigenvalue weighted by Gasteiger charge is -2.37. The standard InChI is InChI=1S/C14H19N3O/c1-2-8-17-9-5-14(6-10-17)11-4-3-7-15-12(11)16-13(14)18/h3-4,7H,2,5-6,8-10H2,1H3,(H,15,16,18). The van der Waals surface area contributed by atoms with Gasteiger partial charge < -0.3 is 10.2 Å². The monoisotopic (exact) mass is 245 g/mol. The van der Waals surface area contributed by atoms with Crippen molar-refractivity contribution < 1.29 is 4.79 Å². The van der Waals surface area contributed by atoms with Gasteiger partial charge in [-0.05, 0) is 45.0 Å². The zero-order valence-electron chi connectivity index (χ0n) is 10.8. The summed E-state index contributed by atoms with van der Waals surface area (Å²) in [5, 5.41) is 2.94. The largest absolute Gasteiger partial charge is 0.310 e. The second kappa shape index (κ2) is 4.35. The van der Waals surface area contributed by atoms with Crippen LogP contribution in [0.2, 0.25) is 0 Å². The van der Waals surface area contributed by atoms with Gasteiger partial charge in [0.1, 0.15) is 5.82 Å². The van der Waals surface area contributed by atoms with E-state index in [0.29, 0.717) is 0 Å². The Morgan fingerprint density at radius 1 is 1.44 bits per heavy atom. The average Bonchev–Trinajstić information content (AvgIpc) is 2.66. The number of rotatable bonds is 2. The van der Waals surface area contributed by atoms with Crippen molar-refractivity contribution >= 4 is 11.7 Å². The summed E-state index contributed by atoms with van der Waals surface area (Å²) in [5.41, 5.74) is 0.791. The number of piperidine rings is 1. The SMILES string of the molecule is CCCN1CCC2(CC1)C(=O)Nc1ncccc12. The van der Waals surface area contributed by atoms with E-state index in [-0.39, 0.29) is 11.3 Å². The van der Waals surface area contributed by atoms with E-state index in [1.54, 1.807) is 6.20 Å². The van der Waals surface area contributed by atoms with Crippen molar-refractivity contribution in [2.45, 2.75) is 31.6 Å². The molecule has 1 saturated heterocycles. The first-order valence-corrected chi connectivity index (χ1v) is 6.75. The highest BCUT2D eigenvalue weighted by Crippen LogP contribution is 2.43. The minimum Gasteiger partial charge on any atom is -0.310 e. The van der Waals surface area contributed by atoms with Gasteiger partial charge in [-0.15, -0.1) is 0 Å². The normalized spacial score (nSPS) is 21.9. The number of aromatic nitrogens is 1. The van der Waals surface area contributed by atoms with E-state index in [2.05, 4.69) is 28.2 Å². The molecular weight excluding hydrogens is 226 g/mol. The Hall–Kier alpha value is -1.42. The predicted octanol–water partition coefficient (Wildman–Crippen LogP) is 1.78. The van der Waals surface area contributed by atoms with Crippen molar-refractivity contribution in [1.82, 2.24) is 9.88 Å². The van der Waals surface area contributed by atoms with Crippen LogP contribution in [0.1, 0.15) is 31.7 Å². The molecule has 3 heterocycles. The molecule has 0 unspecified atom stereocenters. The molecule has 0 atom stereocenters. The molecule has 2 aliphatic heterocycles. The van der Waals surface area contributed by atoms with Crippen LogP contribution < -0.4 is 5.32 Å². The fraction of sp³-hybridized carbons (Fsp3) is 0.571. The molecule has 18 heavy (non-hydrogen) atoms. The van der Waals surface area contributed by atoms with Gasteiger partial charge in [-0.2, -0.15) is 0 Å². The maximum absolute atomic E-state index is 12.3. The van der Waals surface area contributed by atoms with Crippen LogP contribution in [0.4, 0.5) is 5.82 Å². The summed E-state index contributed by atoms with van der Waals surface area (Å²) in [6.07, 6.45) is 4.75. The first-order valence-electron chi connectivity index (χ1n) is 6.75. The maximum Gasteiger partial charge on any atom is 0.236 e. The number of anilines is 1. The topological polar surface area (TPSA) is 45.2 Å². The summed E-state index contributed by atoms with van der Waals surface area (Å²) in [5.74, 6) is 0.916. The Kier molecular flexibility index (Phi) is 2.82. The van der Waals surface area contributed by atoms with Gasteiger partial charge in [-0.1, -0.05) is 13.0 Å². The molecule has 2 aliphatic rings. The van der Waals surface area contributed by atoms with Crippen LogP contribution in [0, 0.1) is 0 Å². The van der Waals surface area contributed by atoms with Gasteiger partial charge in [0.05, 0.1) is 5.41 Å². The highest BCUT2D eigenvalue weighted by atomic mass is 16.2. The fourth-order valence-corrected chi connectivity index (χ4v) is 3.21. The van der Waals surface area contributed by atoms with Crippen molar-refractivity contribution in [2.24, 2.45) is 0 Å². The van der Waals surface area contributed by atoms with Crippen LogP contribution in [-0.2, 0) is 10.2 Å². The number of hydrogen-bond donors (Lipinski definition) is 1. The van der Waals surface area contributed by atoms with E-state index in [0.717, 1.165) is 43.9 Å². The van der Waals surface area contributed by atoms with Crippen LogP contribution in [0.5, 0.6) is 0 Å². The summed E-state index contributed by atoms with van der Waals surface area (Å²) in [6, 6.07) is 3.98. The lowest BCUT2D eigenvalue weighted by Crippen LogP contribution is -2.46. The predicted molar refractivity (Wildman–Crippen MR) is 70.5 cm³/mol. The number of pyridine rings is 1. The maximum atomic E-state index is 12.3. The minimum atomic E-state index is -0.312. The molecule has 96 valence electrons. The number of amides is 1. The summed E-state index contributed by atoms with van der Waals surface area (Å²) >= 11 is 0. The van der Waals surface area contributed by atoms with Crippen molar-refractivity contribution in [2.75, 3.05) is 25.0 Å². The van der Waals surface area contributed by atoms with Gasteiger partial charge in [-0.25, -0.2) is 4.98 Å². The van der Waals surface area contributed by atoms with Gasteiger partial charge in [0.25, 0.3) is 0 Å². The first kappa shape index (κ1) is 11.7. The molecule has 1 amide bonds. The molecule has 4 nitrogen and oxygen atoms in total. The van der Waals surface area contributed by atoms with E-state index >= 15 is 0 Å². The lowest BCUT2D eigenvalue weighted by atomic mass is 9.74. The summed E-state index contributed by atoms with van der Waals surface area (Å²) in [6.45, 7) is 5.36. The average molecular weight is 245 g/mol. The molecule has 1 fully saturated rings. The van der Waals surface area contributed by atoms with E-state index in [1.165, 1.54) is 6.42 Å². The van der Waals surface area contributed by atoms with Crippen LogP contribution in [0.15, 0.2) is 18.3 Å². The lowest BCUT2D eigenvalue weighted by molar-refractivity contribution is -0.122. The second-order valence-electron chi connectivity index (χ2n) is 5.28. The van der Waals surface area contributed by atoms with E-state index in [9.17, 15) is 4.79 Å². The Bertz CT molecular complexity index is 464. The summed E-state index contributed by atoms with van der Waals surface area (Å²) in [7, 11) is 0. The molecule has 0 saturated carbocycles. The number of carbonyl (C=O) groups excluding carboxylic acids is 1. The third-order valence-corrected chi connectivity index (χ3v) is 4.24. The Morgan fingerprint density at radius 3 is 2.94 bits per heavy atom. The zero-order chi connectivity index (χ0) is 12.6. The molecule has 1 spiro atoms. The Balaban J connectivity index is 1.86. The number of fused-ring (bicyclic) bond motifs is 2.